The van der Waals surface area contributed by atoms with Gasteiger partial charge in [-0.05, 0) is 35.7 Å². The molecule has 0 aliphatic rings. The SMILES string of the molecule is COc1ccc([C@H](NS(=O)(=O)c2ccc(OC)c(OC)c2)C(C)C)cc1. The first-order chi connectivity index (χ1) is 12.3. The van der Waals surface area contributed by atoms with Crippen LogP contribution in [0, 0.1) is 5.92 Å². The van der Waals surface area contributed by atoms with E-state index in [4.69, 9.17) is 14.2 Å². The largest absolute Gasteiger partial charge is 0.497 e. The van der Waals surface area contributed by atoms with Crippen molar-refractivity contribution in [2.24, 2.45) is 5.92 Å². The van der Waals surface area contributed by atoms with Gasteiger partial charge in [-0.15, -0.1) is 0 Å². The molecule has 0 saturated carbocycles. The van der Waals surface area contributed by atoms with Crippen molar-refractivity contribution in [2.45, 2.75) is 24.8 Å². The van der Waals surface area contributed by atoms with E-state index in [9.17, 15) is 8.42 Å². The van der Waals surface area contributed by atoms with Gasteiger partial charge in [0.2, 0.25) is 10.0 Å². The van der Waals surface area contributed by atoms with Gasteiger partial charge in [0.15, 0.2) is 11.5 Å². The lowest BCUT2D eigenvalue weighted by atomic mass is 9.97. The van der Waals surface area contributed by atoms with Crippen LogP contribution in [0.5, 0.6) is 17.2 Å². The molecule has 0 aromatic heterocycles. The zero-order valence-electron chi connectivity index (χ0n) is 15.6. The Bertz CT molecular complexity index is 832. The average molecular weight is 379 g/mol. The monoisotopic (exact) mass is 379 g/mol. The Morgan fingerprint density at radius 2 is 1.46 bits per heavy atom. The zero-order valence-corrected chi connectivity index (χ0v) is 16.5. The number of benzene rings is 2. The van der Waals surface area contributed by atoms with Crippen LogP contribution in [0.25, 0.3) is 0 Å². The molecule has 0 fully saturated rings. The van der Waals surface area contributed by atoms with E-state index in [1.54, 1.807) is 13.2 Å². The Morgan fingerprint density at radius 1 is 0.846 bits per heavy atom. The molecule has 0 amide bonds. The smallest absolute Gasteiger partial charge is 0.241 e. The Labute approximate surface area is 155 Å². The minimum Gasteiger partial charge on any atom is -0.497 e. The molecule has 0 unspecified atom stereocenters. The number of hydrogen-bond acceptors (Lipinski definition) is 5. The Morgan fingerprint density at radius 3 is 1.96 bits per heavy atom. The molecule has 2 rings (SSSR count). The van der Waals surface area contributed by atoms with Gasteiger partial charge in [-0.1, -0.05) is 26.0 Å². The van der Waals surface area contributed by atoms with Gasteiger partial charge >= 0.3 is 0 Å². The molecule has 0 saturated heterocycles. The summed E-state index contributed by atoms with van der Waals surface area (Å²) in [6.45, 7) is 3.93. The summed E-state index contributed by atoms with van der Waals surface area (Å²) in [5, 5.41) is 0. The molecular formula is C19H25NO5S. The van der Waals surface area contributed by atoms with Gasteiger partial charge in [0.05, 0.1) is 26.2 Å². The molecule has 0 spiro atoms. The van der Waals surface area contributed by atoms with Gasteiger partial charge in [0.25, 0.3) is 0 Å². The van der Waals surface area contributed by atoms with Crippen molar-refractivity contribution in [3.8, 4) is 17.2 Å². The number of ether oxygens (including phenoxy) is 3. The Kier molecular flexibility index (Phi) is 6.50. The predicted molar refractivity (Wildman–Crippen MR) is 100 cm³/mol. The first kappa shape index (κ1) is 20.1. The lowest BCUT2D eigenvalue weighted by Gasteiger charge is -2.23. The van der Waals surface area contributed by atoms with Gasteiger partial charge in [0.1, 0.15) is 5.75 Å². The van der Waals surface area contributed by atoms with Crippen molar-refractivity contribution in [1.82, 2.24) is 4.72 Å². The van der Waals surface area contributed by atoms with E-state index >= 15 is 0 Å². The van der Waals surface area contributed by atoms with Crippen molar-refractivity contribution in [1.29, 1.82) is 0 Å². The second-order valence-corrected chi connectivity index (χ2v) is 7.85. The molecule has 1 N–H and O–H groups in total. The van der Waals surface area contributed by atoms with Crippen LogP contribution in [0.4, 0.5) is 0 Å². The fourth-order valence-corrected chi connectivity index (χ4v) is 4.01. The van der Waals surface area contributed by atoms with E-state index in [2.05, 4.69) is 4.72 Å². The van der Waals surface area contributed by atoms with Crippen LogP contribution < -0.4 is 18.9 Å². The maximum absolute atomic E-state index is 12.9. The first-order valence-corrected chi connectivity index (χ1v) is 9.69. The molecule has 0 heterocycles. The van der Waals surface area contributed by atoms with Crippen LogP contribution in [-0.4, -0.2) is 29.7 Å². The fraction of sp³-hybridized carbons (Fsp3) is 0.368. The summed E-state index contributed by atoms with van der Waals surface area (Å²) in [5.41, 5.74) is 0.866. The van der Waals surface area contributed by atoms with Crippen LogP contribution in [0.2, 0.25) is 0 Å². The summed E-state index contributed by atoms with van der Waals surface area (Å²) in [6, 6.07) is 11.5. The molecule has 26 heavy (non-hydrogen) atoms. The van der Waals surface area contributed by atoms with Crippen LogP contribution >= 0.6 is 0 Å². The molecular weight excluding hydrogens is 354 g/mol. The highest BCUT2D eigenvalue weighted by molar-refractivity contribution is 7.89. The summed E-state index contributed by atoms with van der Waals surface area (Å²) in [5.74, 6) is 1.61. The van der Waals surface area contributed by atoms with Gasteiger partial charge in [-0.3, -0.25) is 0 Å². The average Bonchev–Trinajstić information content (AvgIpc) is 2.65. The topological polar surface area (TPSA) is 73.9 Å². The van der Waals surface area contributed by atoms with Crippen LogP contribution in [0.3, 0.4) is 0 Å². The maximum atomic E-state index is 12.9. The highest BCUT2D eigenvalue weighted by Crippen LogP contribution is 2.31. The third-order valence-electron chi connectivity index (χ3n) is 4.09. The van der Waals surface area contributed by atoms with Crippen molar-refractivity contribution in [2.75, 3.05) is 21.3 Å². The van der Waals surface area contributed by atoms with E-state index < -0.39 is 10.0 Å². The molecule has 0 bridgehead atoms. The highest BCUT2D eigenvalue weighted by Gasteiger charge is 2.25. The van der Waals surface area contributed by atoms with Crippen LogP contribution in [-0.2, 0) is 10.0 Å². The van der Waals surface area contributed by atoms with Gasteiger partial charge in [-0.2, -0.15) is 0 Å². The van der Waals surface area contributed by atoms with E-state index in [1.165, 1.54) is 26.4 Å². The standard InChI is InChI=1S/C19H25NO5S/c1-13(2)19(14-6-8-15(23-3)9-7-14)20-26(21,22)16-10-11-17(24-4)18(12-16)25-5/h6-13,19-20H,1-5H3/t19-/m1/s1. The highest BCUT2D eigenvalue weighted by atomic mass is 32.2. The van der Waals surface area contributed by atoms with Crippen molar-refractivity contribution in [3.05, 3.63) is 48.0 Å². The van der Waals surface area contributed by atoms with Gasteiger partial charge in [0, 0.05) is 12.1 Å². The molecule has 0 aliphatic heterocycles. The van der Waals surface area contributed by atoms with Crippen LogP contribution in [0.1, 0.15) is 25.5 Å². The summed E-state index contributed by atoms with van der Waals surface area (Å²) in [6.07, 6.45) is 0. The summed E-state index contributed by atoms with van der Waals surface area (Å²) in [7, 11) is 0.820. The number of methoxy groups -OCH3 is 3. The Hall–Kier alpha value is -2.25. The number of sulfonamides is 1. The van der Waals surface area contributed by atoms with Gasteiger partial charge < -0.3 is 14.2 Å². The van der Waals surface area contributed by atoms with E-state index in [1.807, 2.05) is 38.1 Å². The zero-order chi connectivity index (χ0) is 19.3. The summed E-state index contributed by atoms with van der Waals surface area (Å²) >= 11 is 0. The molecule has 7 heteroatoms. The molecule has 2 aromatic carbocycles. The second kappa shape index (κ2) is 8.42. The van der Waals surface area contributed by atoms with Crippen molar-refractivity contribution in [3.63, 3.8) is 0 Å². The lowest BCUT2D eigenvalue weighted by Crippen LogP contribution is -2.31. The van der Waals surface area contributed by atoms with Crippen molar-refractivity contribution >= 4 is 10.0 Å². The number of rotatable bonds is 8. The van der Waals surface area contributed by atoms with Crippen LogP contribution in [0.15, 0.2) is 47.4 Å². The second-order valence-electron chi connectivity index (χ2n) is 6.13. The molecule has 0 aliphatic carbocycles. The third kappa shape index (κ3) is 4.47. The summed E-state index contributed by atoms with van der Waals surface area (Å²) < 4.78 is 44.1. The molecule has 2 aromatic rings. The molecule has 6 nitrogen and oxygen atoms in total. The number of nitrogens with one attached hydrogen (secondary N) is 1. The van der Waals surface area contributed by atoms with Crippen molar-refractivity contribution < 1.29 is 22.6 Å². The molecule has 0 radical (unpaired) electrons. The van der Waals surface area contributed by atoms with E-state index in [-0.39, 0.29) is 16.9 Å². The first-order valence-electron chi connectivity index (χ1n) is 8.20. The Balaban J connectivity index is 2.34. The minimum absolute atomic E-state index is 0.0540. The van der Waals surface area contributed by atoms with E-state index in [0.717, 1.165) is 11.3 Å². The molecule has 142 valence electrons. The third-order valence-corrected chi connectivity index (χ3v) is 5.53. The molecule has 1 atom stereocenters. The summed E-state index contributed by atoms with van der Waals surface area (Å²) in [4.78, 5) is 0.120. The predicted octanol–water partition coefficient (Wildman–Crippen LogP) is 3.39. The maximum Gasteiger partial charge on any atom is 0.241 e. The lowest BCUT2D eigenvalue weighted by molar-refractivity contribution is 0.353. The fourth-order valence-electron chi connectivity index (χ4n) is 2.62. The quantitative estimate of drug-likeness (QED) is 0.761. The van der Waals surface area contributed by atoms with Gasteiger partial charge in [-0.25, -0.2) is 13.1 Å². The number of hydrogen-bond donors (Lipinski definition) is 1. The van der Waals surface area contributed by atoms with E-state index in [0.29, 0.717) is 11.5 Å². The minimum atomic E-state index is -3.74. The normalized spacial score (nSPS) is 12.7.